The predicted molar refractivity (Wildman–Crippen MR) is 137 cm³/mol. The first-order valence-electron chi connectivity index (χ1n) is 10.9. The van der Waals surface area contributed by atoms with Crippen molar-refractivity contribution in [1.82, 2.24) is 4.90 Å². The highest BCUT2D eigenvalue weighted by molar-refractivity contribution is 7.92. The van der Waals surface area contributed by atoms with Gasteiger partial charge in [0.15, 0.2) is 0 Å². The lowest BCUT2D eigenvalue weighted by Crippen LogP contribution is -2.52. The Bertz CT molecular complexity index is 1260. The standard InChI is InChI=1S/C25H25Cl2N3O3S/c1-19-7-8-21(27)17-24(19)28-13-15-29(16-14-28)25(31)18-30(22-11-9-20(26)10-12-22)34(32,33)23-5-3-2-4-6-23/h2-12,17H,13-16,18H2,1H3. The second kappa shape index (κ2) is 10.3. The summed E-state index contributed by atoms with van der Waals surface area (Å²) >= 11 is 12.2. The van der Waals surface area contributed by atoms with Gasteiger partial charge in [0.05, 0.1) is 10.6 Å². The number of sulfonamides is 1. The van der Waals surface area contributed by atoms with Crippen molar-refractivity contribution in [2.75, 3.05) is 41.9 Å². The Balaban J connectivity index is 1.52. The Labute approximate surface area is 210 Å². The molecule has 6 nitrogen and oxygen atoms in total. The van der Waals surface area contributed by atoms with Gasteiger partial charge in [-0.15, -0.1) is 0 Å². The van der Waals surface area contributed by atoms with Crippen molar-refractivity contribution in [1.29, 1.82) is 0 Å². The Hall–Kier alpha value is -2.74. The number of hydrogen-bond acceptors (Lipinski definition) is 4. The van der Waals surface area contributed by atoms with Gasteiger partial charge in [-0.3, -0.25) is 9.10 Å². The van der Waals surface area contributed by atoms with Crippen LogP contribution in [0.5, 0.6) is 0 Å². The van der Waals surface area contributed by atoms with E-state index in [0.29, 0.717) is 41.9 Å². The highest BCUT2D eigenvalue weighted by Gasteiger charge is 2.30. The zero-order chi connectivity index (χ0) is 24.3. The SMILES string of the molecule is Cc1ccc(Cl)cc1N1CCN(C(=O)CN(c2ccc(Cl)cc2)S(=O)(=O)c2ccccc2)CC1. The molecule has 3 aromatic carbocycles. The van der Waals surface area contributed by atoms with E-state index in [0.717, 1.165) is 15.6 Å². The average molecular weight is 518 g/mol. The molecule has 34 heavy (non-hydrogen) atoms. The molecule has 0 bridgehead atoms. The third kappa shape index (κ3) is 5.32. The molecule has 3 aromatic rings. The maximum atomic E-state index is 13.4. The number of rotatable bonds is 6. The van der Waals surface area contributed by atoms with E-state index in [4.69, 9.17) is 23.2 Å². The Morgan fingerprint density at radius 2 is 1.50 bits per heavy atom. The maximum Gasteiger partial charge on any atom is 0.264 e. The number of anilines is 2. The number of aryl methyl sites for hydroxylation is 1. The number of halogens is 2. The molecular formula is C25H25Cl2N3O3S. The molecule has 0 aromatic heterocycles. The normalized spacial score (nSPS) is 14.2. The lowest BCUT2D eigenvalue weighted by molar-refractivity contribution is -0.129. The summed E-state index contributed by atoms with van der Waals surface area (Å²) in [6.07, 6.45) is 0. The summed E-state index contributed by atoms with van der Waals surface area (Å²) in [5.74, 6) is -0.253. The molecule has 0 saturated carbocycles. The largest absolute Gasteiger partial charge is 0.368 e. The molecular weight excluding hydrogens is 493 g/mol. The van der Waals surface area contributed by atoms with Crippen molar-refractivity contribution >= 4 is 50.5 Å². The van der Waals surface area contributed by atoms with Gasteiger partial charge in [0, 0.05) is 41.9 Å². The van der Waals surface area contributed by atoms with Crippen molar-refractivity contribution < 1.29 is 13.2 Å². The fourth-order valence-electron chi connectivity index (χ4n) is 3.98. The summed E-state index contributed by atoms with van der Waals surface area (Å²) < 4.78 is 28.0. The number of carbonyl (C=O) groups is 1. The molecule has 0 N–H and O–H groups in total. The second-order valence-electron chi connectivity index (χ2n) is 8.10. The number of benzene rings is 3. The first-order valence-corrected chi connectivity index (χ1v) is 13.1. The second-order valence-corrected chi connectivity index (χ2v) is 10.8. The summed E-state index contributed by atoms with van der Waals surface area (Å²) in [6.45, 7) is 3.99. The van der Waals surface area contributed by atoms with Crippen molar-refractivity contribution in [2.24, 2.45) is 0 Å². The smallest absolute Gasteiger partial charge is 0.264 e. The fourth-order valence-corrected chi connectivity index (χ4v) is 5.71. The zero-order valence-corrected chi connectivity index (χ0v) is 21.0. The lowest BCUT2D eigenvalue weighted by Gasteiger charge is -2.37. The highest BCUT2D eigenvalue weighted by atomic mass is 35.5. The van der Waals surface area contributed by atoms with Gasteiger partial charge in [0.25, 0.3) is 10.0 Å². The highest BCUT2D eigenvalue weighted by Crippen LogP contribution is 2.27. The van der Waals surface area contributed by atoms with Gasteiger partial charge in [-0.25, -0.2) is 8.42 Å². The van der Waals surface area contributed by atoms with Crippen LogP contribution in [-0.4, -0.2) is 51.9 Å². The van der Waals surface area contributed by atoms with E-state index in [-0.39, 0.29) is 17.3 Å². The van der Waals surface area contributed by atoms with Crippen molar-refractivity contribution in [3.63, 3.8) is 0 Å². The molecule has 1 amide bonds. The summed E-state index contributed by atoms with van der Waals surface area (Å²) in [5, 5.41) is 1.16. The van der Waals surface area contributed by atoms with E-state index >= 15 is 0 Å². The molecule has 0 radical (unpaired) electrons. The first kappa shape index (κ1) is 24.4. The Morgan fingerprint density at radius 1 is 0.882 bits per heavy atom. The number of amides is 1. The van der Waals surface area contributed by atoms with E-state index < -0.39 is 10.0 Å². The van der Waals surface area contributed by atoms with Gasteiger partial charge in [-0.1, -0.05) is 47.5 Å². The van der Waals surface area contributed by atoms with Gasteiger partial charge in [0.1, 0.15) is 6.54 Å². The molecule has 178 valence electrons. The third-order valence-corrected chi connectivity index (χ3v) is 8.14. The molecule has 0 aliphatic carbocycles. The van der Waals surface area contributed by atoms with Crippen LogP contribution in [0.1, 0.15) is 5.56 Å². The van der Waals surface area contributed by atoms with Crippen LogP contribution in [0, 0.1) is 6.92 Å². The van der Waals surface area contributed by atoms with E-state index in [1.165, 1.54) is 12.1 Å². The molecule has 1 aliphatic heterocycles. The van der Waals surface area contributed by atoms with Crippen LogP contribution < -0.4 is 9.21 Å². The van der Waals surface area contributed by atoms with E-state index in [2.05, 4.69) is 4.90 Å². The minimum atomic E-state index is -3.95. The Kier molecular flexibility index (Phi) is 7.36. The molecule has 0 unspecified atom stereocenters. The van der Waals surface area contributed by atoms with Crippen molar-refractivity contribution in [3.05, 3.63) is 88.4 Å². The van der Waals surface area contributed by atoms with Crippen LogP contribution in [0.2, 0.25) is 10.0 Å². The summed E-state index contributed by atoms with van der Waals surface area (Å²) in [4.78, 5) is 17.3. The number of nitrogens with zero attached hydrogens (tertiary/aromatic N) is 3. The zero-order valence-electron chi connectivity index (χ0n) is 18.7. The first-order chi connectivity index (χ1) is 16.3. The molecule has 1 saturated heterocycles. The summed E-state index contributed by atoms with van der Waals surface area (Å²) in [7, 11) is -3.95. The van der Waals surface area contributed by atoms with Crippen LogP contribution in [0.15, 0.2) is 77.7 Å². The minimum Gasteiger partial charge on any atom is -0.368 e. The van der Waals surface area contributed by atoms with Crippen LogP contribution in [0.25, 0.3) is 0 Å². The average Bonchev–Trinajstić information content (AvgIpc) is 2.85. The van der Waals surface area contributed by atoms with Gasteiger partial charge in [0.2, 0.25) is 5.91 Å². The van der Waals surface area contributed by atoms with Crippen LogP contribution >= 0.6 is 23.2 Å². The fraction of sp³-hybridized carbons (Fsp3) is 0.240. The van der Waals surface area contributed by atoms with Crippen LogP contribution in [-0.2, 0) is 14.8 Å². The summed E-state index contributed by atoms with van der Waals surface area (Å²) in [6, 6.07) is 20.3. The van der Waals surface area contributed by atoms with Crippen molar-refractivity contribution in [3.8, 4) is 0 Å². The molecule has 4 rings (SSSR count). The Morgan fingerprint density at radius 3 is 2.15 bits per heavy atom. The third-order valence-electron chi connectivity index (χ3n) is 5.87. The predicted octanol–water partition coefficient (Wildman–Crippen LogP) is 4.85. The van der Waals surface area contributed by atoms with Gasteiger partial charge < -0.3 is 9.80 Å². The molecule has 1 fully saturated rings. The number of hydrogen-bond donors (Lipinski definition) is 0. The quantitative estimate of drug-likeness (QED) is 0.469. The van der Waals surface area contributed by atoms with E-state index in [1.54, 1.807) is 47.4 Å². The minimum absolute atomic E-state index is 0.124. The number of carbonyl (C=O) groups excluding carboxylic acids is 1. The molecule has 1 heterocycles. The molecule has 0 spiro atoms. The monoisotopic (exact) mass is 517 g/mol. The van der Waals surface area contributed by atoms with E-state index in [9.17, 15) is 13.2 Å². The van der Waals surface area contributed by atoms with Crippen molar-refractivity contribution in [2.45, 2.75) is 11.8 Å². The lowest BCUT2D eigenvalue weighted by atomic mass is 10.1. The van der Waals surface area contributed by atoms with Gasteiger partial charge >= 0.3 is 0 Å². The molecule has 1 aliphatic rings. The van der Waals surface area contributed by atoms with Gasteiger partial charge in [-0.2, -0.15) is 0 Å². The van der Waals surface area contributed by atoms with E-state index in [1.807, 2.05) is 25.1 Å². The molecule has 9 heteroatoms. The van der Waals surface area contributed by atoms with Gasteiger partial charge in [-0.05, 0) is 61.0 Å². The number of piperazine rings is 1. The maximum absolute atomic E-state index is 13.4. The van der Waals surface area contributed by atoms with Crippen LogP contribution in [0.4, 0.5) is 11.4 Å². The topological polar surface area (TPSA) is 60.9 Å². The summed E-state index contributed by atoms with van der Waals surface area (Å²) in [5.41, 5.74) is 2.55. The van der Waals surface area contributed by atoms with Crippen LogP contribution in [0.3, 0.4) is 0 Å². The molecule has 0 atom stereocenters.